The molecular weight excluding hydrogens is 529 g/mol. The fraction of sp³-hybridized carbons (Fsp3) is 0.484. The Bertz CT molecular complexity index is 1390. The first kappa shape index (κ1) is 27.0. The molecule has 1 aromatic heterocycles. The molecule has 212 valence electrons. The van der Waals surface area contributed by atoms with Gasteiger partial charge in [-0.15, -0.1) is 16.4 Å². The van der Waals surface area contributed by atoms with Gasteiger partial charge in [-0.25, -0.2) is 9.18 Å². The van der Waals surface area contributed by atoms with E-state index >= 15 is 0 Å². The van der Waals surface area contributed by atoms with E-state index in [2.05, 4.69) is 21.9 Å². The molecule has 2 aromatic carbocycles. The average molecular weight is 566 g/mol. The number of thiophene rings is 1. The summed E-state index contributed by atoms with van der Waals surface area (Å²) >= 11 is 1.57. The van der Waals surface area contributed by atoms with Crippen molar-refractivity contribution in [1.29, 1.82) is 0 Å². The highest BCUT2D eigenvalue weighted by atomic mass is 32.1. The maximum absolute atomic E-state index is 14.2. The van der Waals surface area contributed by atoms with Gasteiger partial charge < -0.3 is 9.64 Å². The summed E-state index contributed by atoms with van der Waals surface area (Å²) in [6, 6.07) is 11.4. The van der Waals surface area contributed by atoms with Crippen LogP contribution in [0, 0.1) is 5.82 Å². The minimum Gasteiger partial charge on any atom is -0.426 e. The normalized spacial score (nSPS) is 19.5. The number of halogens is 1. The lowest BCUT2D eigenvalue weighted by atomic mass is 9.86. The zero-order valence-corrected chi connectivity index (χ0v) is 23.8. The Hall–Kier alpha value is -3.17. The summed E-state index contributed by atoms with van der Waals surface area (Å²) in [6.07, 6.45) is 5.74. The van der Waals surface area contributed by atoms with Crippen LogP contribution < -0.4 is 9.96 Å². The van der Waals surface area contributed by atoms with Crippen LogP contribution in [0.1, 0.15) is 56.6 Å². The van der Waals surface area contributed by atoms with E-state index in [0.717, 1.165) is 103 Å². The van der Waals surface area contributed by atoms with Crippen molar-refractivity contribution in [1.82, 2.24) is 4.90 Å². The molecule has 0 atom stereocenters. The van der Waals surface area contributed by atoms with E-state index in [1.165, 1.54) is 0 Å². The fourth-order valence-corrected chi connectivity index (χ4v) is 7.05. The Kier molecular flexibility index (Phi) is 7.68. The van der Waals surface area contributed by atoms with Crippen molar-refractivity contribution >= 4 is 44.9 Å². The van der Waals surface area contributed by atoms with Crippen LogP contribution in [-0.4, -0.2) is 55.3 Å². The molecule has 9 heteroatoms. The Morgan fingerprint density at radius 3 is 2.60 bits per heavy atom. The van der Waals surface area contributed by atoms with Crippen molar-refractivity contribution in [2.45, 2.75) is 63.9 Å². The van der Waals surface area contributed by atoms with Crippen LogP contribution in [0.4, 0.5) is 20.6 Å². The van der Waals surface area contributed by atoms with Crippen LogP contribution in [0.3, 0.4) is 0 Å². The lowest BCUT2D eigenvalue weighted by Crippen LogP contribution is -2.47. The highest BCUT2D eigenvalue weighted by Gasteiger charge is 2.35. The van der Waals surface area contributed by atoms with Crippen LogP contribution in [0.25, 0.3) is 10.1 Å². The number of fused-ring (bicyclic) bond motifs is 2. The molecule has 7 nitrogen and oxygen atoms in total. The molecule has 3 heterocycles. The van der Waals surface area contributed by atoms with Gasteiger partial charge in [0.2, 0.25) is 0 Å². The monoisotopic (exact) mass is 565 g/mol. The number of benzene rings is 2. The van der Waals surface area contributed by atoms with Gasteiger partial charge in [0.25, 0.3) is 5.91 Å². The first-order valence-corrected chi connectivity index (χ1v) is 15.2. The van der Waals surface area contributed by atoms with Gasteiger partial charge in [0, 0.05) is 54.9 Å². The van der Waals surface area contributed by atoms with Gasteiger partial charge in [-0.1, -0.05) is 18.6 Å². The lowest BCUT2D eigenvalue weighted by molar-refractivity contribution is -0.127. The third-order valence-electron chi connectivity index (χ3n) is 8.55. The molecule has 1 saturated carbocycles. The summed E-state index contributed by atoms with van der Waals surface area (Å²) in [7, 11) is 0. The summed E-state index contributed by atoms with van der Waals surface area (Å²) in [5, 5.41) is 4.27. The number of ether oxygens (including phenoxy) is 1. The van der Waals surface area contributed by atoms with Crippen LogP contribution in [-0.2, 0) is 27.2 Å². The summed E-state index contributed by atoms with van der Waals surface area (Å²) < 4.78 is 20.9. The number of piperazine rings is 1. The van der Waals surface area contributed by atoms with Crippen molar-refractivity contribution in [2.75, 3.05) is 42.7 Å². The van der Waals surface area contributed by atoms with Gasteiger partial charge in [0.15, 0.2) is 0 Å². The summed E-state index contributed by atoms with van der Waals surface area (Å²) in [4.78, 5) is 35.7. The van der Waals surface area contributed by atoms with E-state index in [1.807, 2.05) is 24.4 Å². The smallest absolute Gasteiger partial charge is 0.426 e. The largest absolute Gasteiger partial charge is 0.534 e. The highest BCUT2D eigenvalue weighted by molar-refractivity contribution is 7.17. The van der Waals surface area contributed by atoms with Crippen LogP contribution in [0.5, 0.6) is 0 Å². The SMILES string of the molecule is CC1(OC(=O)ON2C(=O)CCc3ccc(CCN4CCN(c5cc(F)cc6sccc56)CC4)cc32)CCCCC1. The molecule has 0 spiro atoms. The lowest BCUT2D eigenvalue weighted by Gasteiger charge is -2.36. The van der Waals surface area contributed by atoms with Gasteiger partial charge in [0.05, 0.1) is 5.69 Å². The predicted octanol–water partition coefficient (Wildman–Crippen LogP) is 6.48. The molecule has 1 amide bonds. The minimum atomic E-state index is -0.813. The van der Waals surface area contributed by atoms with Gasteiger partial charge >= 0.3 is 6.16 Å². The van der Waals surface area contributed by atoms with Gasteiger partial charge in [-0.05, 0) is 86.2 Å². The van der Waals surface area contributed by atoms with Crippen molar-refractivity contribution in [2.24, 2.45) is 0 Å². The van der Waals surface area contributed by atoms with E-state index in [4.69, 9.17) is 9.57 Å². The van der Waals surface area contributed by atoms with Crippen molar-refractivity contribution < 1.29 is 23.6 Å². The third-order valence-corrected chi connectivity index (χ3v) is 9.42. The standard InChI is InChI=1S/C31H36FN3O4S/c1-31(11-3-2-4-12-31)38-30(37)39-35-26-19-22(5-6-23(26)7-8-29(35)36)9-13-33-14-16-34(17-15-33)27-20-24(32)21-28-25(27)10-18-40-28/h5-6,10,18-21H,2-4,7-9,11-17H2,1H3. The van der Waals surface area contributed by atoms with E-state index < -0.39 is 11.8 Å². The average Bonchev–Trinajstić information content (AvgIpc) is 3.42. The van der Waals surface area contributed by atoms with Gasteiger partial charge in [-0.2, -0.15) is 0 Å². The number of amides is 1. The third kappa shape index (κ3) is 5.81. The predicted molar refractivity (Wildman–Crippen MR) is 155 cm³/mol. The molecule has 3 aromatic rings. The number of carbonyl (C=O) groups excluding carboxylic acids is 2. The van der Waals surface area contributed by atoms with Crippen molar-refractivity contribution in [3.05, 3.63) is 58.7 Å². The second kappa shape index (κ2) is 11.4. The van der Waals surface area contributed by atoms with Crippen LogP contribution in [0.15, 0.2) is 41.8 Å². The zero-order valence-electron chi connectivity index (χ0n) is 23.0. The highest BCUT2D eigenvalue weighted by Crippen LogP contribution is 2.34. The molecule has 2 fully saturated rings. The number of nitrogens with zero attached hydrogens (tertiary/aromatic N) is 3. The Morgan fingerprint density at radius 2 is 1.80 bits per heavy atom. The van der Waals surface area contributed by atoms with E-state index in [1.54, 1.807) is 23.5 Å². The summed E-state index contributed by atoms with van der Waals surface area (Å²) in [6.45, 7) is 6.29. The quantitative estimate of drug-likeness (QED) is 0.319. The first-order chi connectivity index (χ1) is 19.4. The van der Waals surface area contributed by atoms with Crippen LogP contribution >= 0.6 is 11.3 Å². The Balaban J connectivity index is 1.07. The van der Waals surface area contributed by atoms with Crippen molar-refractivity contribution in [3.63, 3.8) is 0 Å². The number of anilines is 2. The number of hydrogen-bond donors (Lipinski definition) is 0. The molecule has 3 aliphatic rings. The molecule has 0 N–H and O–H groups in total. The number of rotatable bonds is 6. The topological polar surface area (TPSA) is 62.3 Å². The molecular formula is C31H36FN3O4S. The summed E-state index contributed by atoms with van der Waals surface area (Å²) in [5.41, 5.74) is 3.15. The fourth-order valence-electron chi connectivity index (χ4n) is 6.22. The summed E-state index contributed by atoms with van der Waals surface area (Å²) in [5.74, 6) is -0.420. The number of hydroxylamine groups is 1. The zero-order chi connectivity index (χ0) is 27.7. The number of aryl methyl sites for hydroxylation is 1. The van der Waals surface area contributed by atoms with Gasteiger partial charge in [-0.3, -0.25) is 14.5 Å². The van der Waals surface area contributed by atoms with Gasteiger partial charge in [0.1, 0.15) is 11.4 Å². The van der Waals surface area contributed by atoms with E-state index in [9.17, 15) is 14.0 Å². The molecule has 0 bridgehead atoms. The number of hydrogen-bond acceptors (Lipinski definition) is 7. The molecule has 40 heavy (non-hydrogen) atoms. The van der Waals surface area contributed by atoms with E-state index in [-0.39, 0.29) is 11.7 Å². The second-order valence-corrected chi connectivity index (χ2v) is 12.4. The maximum atomic E-state index is 14.2. The number of carbonyl (C=O) groups is 2. The molecule has 6 rings (SSSR count). The van der Waals surface area contributed by atoms with Crippen molar-refractivity contribution in [3.8, 4) is 0 Å². The molecule has 0 radical (unpaired) electrons. The molecule has 2 aliphatic heterocycles. The molecule has 1 saturated heterocycles. The molecule has 1 aliphatic carbocycles. The molecule has 0 unspecified atom stereocenters. The Morgan fingerprint density at radius 1 is 1.00 bits per heavy atom. The Labute approximate surface area is 238 Å². The first-order valence-electron chi connectivity index (χ1n) is 14.4. The van der Waals surface area contributed by atoms with Crippen LogP contribution in [0.2, 0.25) is 0 Å². The minimum absolute atomic E-state index is 0.187. The van der Waals surface area contributed by atoms with E-state index in [0.29, 0.717) is 18.5 Å². The second-order valence-electron chi connectivity index (χ2n) is 11.4. The maximum Gasteiger partial charge on any atom is 0.534 e.